The molecule has 1 N–H and O–H groups in total. The van der Waals surface area contributed by atoms with Crippen molar-refractivity contribution in [3.63, 3.8) is 0 Å². The zero-order valence-corrected chi connectivity index (χ0v) is 11.8. The summed E-state index contributed by atoms with van der Waals surface area (Å²) < 4.78 is 25.9. The molecule has 0 radical (unpaired) electrons. The molecule has 0 spiro atoms. The number of hydrazone groups is 1. The van der Waals surface area contributed by atoms with Crippen LogP contribution in [0.3, 0.4) is 0 Å². The summed E-state index contributed by atoms with van der Waals surface area (Å²) in [4.78, 5) is 3.96. The standard InChI is InChI=1S/C13H9Cl2F2N3/c1-7(8-2-3-11(16)12(17)4-8)19-20-13-10(15)5-9(14)6-18-13/h2-6H,1H3,(H,18,20)/b19-7+. The van der Waals surface area contributed by atoms with Gasteiger partial charge in [-0.3, -0.25) is 5.43 Å². The van der Waals surface area contributed by atoms with Gasteiger partial charge in [-0.1, -0.05) is 23.2 Å². The van der Waals surface area contributed by atoms with Crippen molar-refractivity contribution in [1.29, 1.82) is 0 Å². The molecular weight excluding hydrogens is 307 g/mol. The van der Waals surface area contributed by atoms with Gasteiger partial charge < -0.3 is 0 Å². The first-order chi connectivity index (χ1) is 9.47. The van der Waals surface area contributed by atoms with Crippen LogP contribution in [0.15, 0.2) is 35.6 Å². The predicted octanol–water partition coefficient (Wildman–Crippen LogP) is 4.50. The largest absolute Gasteiger partial charge is 0.260 e. The monoisotopic (exact) mass is 315 g/mol. The minimum absolute atomic E-state index is 0.305. The summed E-state index contributed by atoms with van der Waals surface area (Å²) in [6.45, 7) is 1.64. The molecule has 1 aromatic heterocycles. The van der Waals surface area contributed by atoms with E-state index in [1.165, 1.54) is 18.3 Å². The van der Waals surface area contributed by atoms with E-state index < -0.39 is 11.6 Å². The maximum Gasteiger partial charge on any atom is 0.165 e. The van der Waals surface area contributed by atoms with Gasteiger partial charge in [0.05, 0.1) is 15.8 Å². The summed E-state index contributed by atoms with van der Waals surface area (Å²) in [5.74, 6) is -1.52. The van der Waals surface area contributed by atoms with Crippen LogP contribution in [-0.2, 0) is 0 Å². The summed E-state index contributed by atoms with van der Waals surface area (Å²) >= 11 is 11.6. The number of halogens is 4. The van der Waals surface area contributed by atoms with E-state index in [4.69, 9.17) is 23.2 Å². The van der Waals surface area contributed by atoms with Crippen LogP contribution in [-0.4, -0.2) is 10.7 Å². The summed E-state index contributed by atoms with van der Waals surface area (Å²) in [7, 11) is 0. The Balaban J connectivity index is 2.20. The van der Waals surface area contributed by atoms with Gasteiger partial charge in [0.1, 0.15) is 0 Å². The molecule has 1 heterocycles. The molecule has 0 aliphatic carbocycles. The van der Waals surface area contributed by atoms with E-state index in [2.05, 4.69) is 15.5 Å². The number of rotatable bonds is 3. The number of benzene rings is 1. The van der Waals surface area contributed by atoms with E-state index in [0.29, 0.717) is 27.1 Å². The van der Waals surface area contributed by atoms with Gasteiger partial charge in [-0.2, -0.15) is 5.10 Å². The van der Waals surface area contributed by atoms with Crippen LogP contribution in [0.4, 0.5) is 14.6 Å². The number of hydrogen-bond donors (Lipinski definition) is 1. The van der Waals surface area contributed by atoms with Gasteiger partial charge in [0, 0.05) is 11.8 Å². The highest BCUT2D eigenvalue weighted by molar-refractivity contribution is 6.35. The quantitative estimate of drug-likeness (QED) is 0.668. The average molecular weight is 316 g/mol. The molecule has 2 aromatic rings. The SMILES string of the molecule is C/C(=N\Nc1ncc(Cl)cc1Cl)c1ccc(F)c(F)c1. The smallest absolute Gasteiger partial charge is 0.165 e. The van der Waals surface area contributed by atoms with Crippen LogP contribution in [0.5, 0.6) is 0 Å². The van der Waals surface area contributed by atoms with Crippen molar-refractivity contribution >= 4 is 34.7 Å². The third-order valence-corrected chi connectivity index (χ3v) is 2.97. The molecule has 0 aliphatic rings. The van der Waals surface area contributed by atoms with Crippen molar-refractivity contribution in [2.45, 2.75) is 6.92 Å². The summed E-state index contributed by atoms with van der Waals surface area (Å²) in [6.07, 6.45) is 1.41. The van der Waals surface area contributed by atoms with Crippen molar-refractivity contribution in [3.05, 3.63) is 57.7 Å². The fourth-order valence-electron chi connectivity index (χ4n) is 1.42. The van der Waals surface area contributed by atoms with Crippen molar-refractivity contribution in [2.24, 2.45) is 5.10 Å². The first kappa shape index (κ1) is 14.7. The Kier molecular flexibility index (Phi) is 4.52. The molecule has 0 fully saturated rings. The number of aromatic nitrogens is 1. The fraction of sp³-hybridized carbons (Fsp3) is 0.0769. The zero-order chi connectivity index (χ0) is 14.7. The second kappa shape index (κ2) is 6.15. The molecule has 2 rings (SSSR count). The van der Waals surface area contributed by atoms with E-state index in [-0.39, 0.29) is 0 Å². The number of pyridine rings is 1. The minimum Gasteiger partial charge on any atom is -0.260 e. The van der Waals surface area contributed by atoms with Gasteiger partial charge in [0.2, 0.25) is 0 Å². The second-order valence-corrected chi connectivity index (χ2v) is 4.77. The molecule has 7 heteroatoms. The van der Waals surface area contributed by atoms with Crippen molar-refractivity contribution in [3.8, 4) is 0 Å². The molecular formula is C13H9Cl2F2N3. The van der Waals surface area contributed by atoms with Gasteiger partial charge in [-0.15, -0.1) is 0 Å². The van der Waals surface area contributed by atoms with Crippen LogP contribution in [0.1, 0.15) is 12.5 Å². The topological polar surface area (TPSA) is 37.3 Å². The lowest BCUT2D eigenvalue weighted by Crippen LogP contribution is -2.02. The van der Waals surface area contributed by atoms with Crippen LogP contribution in [0.25, 0.3) is 0 Å². The molecule has 0 aliphatic heterocycles. The van der Waals surface area contributed by atoms with E-state index in [0.717, 1.165) is 12.1 Å². The molecule has 20 heavy (non-hydrogen) atoms. The number of nitrogens with one attached hydrogen (secondary N) is 1. The van der Waals surface area contributed by atoms with Crippen LogP contribution in [0, 0.1) is 11.6 Å². The molecule has 0 saturated heterocycles. The van der Waals surface area contributed by atoms with E-state index >= 15 is 0 Å². The lowest BCUT2D eigenvalue weighted by Gasteiger charge is -2.05. The molecule has 0 bridgehead atoms. The predicted molar refractivity (Wildman–Crippen MR) is 76.4 cm³/mol. The molecule has 3 nitrogen and oxygen atoms in total. The molecule has 1 aromatic carbocycles. The number of hydrogen-bond acceptors (Lipinski definition) is 3. The Morgan fingerprint density at radius 3 is 2.60 bits per heavy atom. The maximum absolute atomic E-state index is 13.1. The second-order valence-electron chi connectivity index (χ2n) is 3.92. The van der Waals surface area contributed by atoms with Gasteiger partial charge >= 0.3 is 0 Å². The number of anilines is 1. The third kappa shape index (κ3) is 3.43. The first-order valence-corrected chi connectivity index (χ1v) is 6.29. The van der Waals surface area contributed by atoms with Gasteiger partial charge in [-0.25, -0.2) is 13.8 Å². The Bertz CT molecular complexity index is 675. The highest BCUT2D eigenvalue weighted by atomic mass is 35.5. The maximum atomic E-state index is 13.1. The Labute approximate surface area is 124 Å². The Morgan fingerprint density at radius 1 is 1.20 bits per heavy atom. The molecule has 0 unspecified atom stereocenters. The van der Waals surface area contributed by atoms with Gasteiger partial charge in [-0.05, 0) is 31.2 Å². The Hall–Kier alpha value is -1.72. The van der Waals surface area contributed by atoms with Gasteiger partial charge in [0.15, 0.2) is 17.5 Å². The highest BCUT2D eigenvalue weighted by Gasteiger charge is 2.06. The van der Waals surface area contributed by atoms with Gasteiger partial charge in [0.25, 0.3) is 0 Å². The normalized spacial score (nSPS) is 11.6. The molecule has 0 saturated carbocycles. The van der Waals surface area contributed by atoms with Crippen LogP contribution in [0.2, 0.25) is 10.0 Å². The van der Waals surface area contributed by atoms with E-state index in [9.17, 15) is 8.78 Å². The van der Waals surface area contributed by atoms with Crippen molar-refractivity contribution in [2.75, 3.05) is 5.43 Å². The van der Waals surface area contributed by atoms with Crippen LogP contribution < -0.4 is 5.43 Å². The van der Waals surface area contributed by atoms with E-state index in [1.54, 1.807) is 6.92 Å². The molecule has 0 amide bonds. The average Bonchev–Trinajstić information content (AvgIpc) is 2.40. The molecule has 104 valence electrons. The molecule has 0 atom stereocenters. The lowest BCUT2D eigenvalue weighted by atomic mass is 10.1. The first-order valence-electron chi connectivity index (χ1n) is 5.54. The van der Waals surface area contributed by atoms with Crippen LogP contribution >= 0.6 is 23.2 Å². The summed E-state index contributed by atoms with van der Waals surface area (Å²) in [5, 5.41) is 4.72. The summed E-state index contributed by atoms with van der Waals surface area (Å²) in [5.41, 5.74) is 3.54. The van der Waals surface area contributed by atoms with Crippen molar-refractivity contribution in [1.82, 2.24) is 4.98 Å². The zero-order valence-electron chi connectivity index (χ0n) is 10.3. The van der Waals surface area contributed by atoms with Crippen molar-refractivity contribution < 1.29 is 8.78 Å². The van der Waals surface area contributed by atoms with E-state index in [1.807, 2.05) is 0 Å². The fourth-order valence-corrected chi connectivity index (χ4v) is 1.84. The highest BCUT2D eigenvalue weighted by Crippen LogP contribution is 2.22. The minimum atomic E-state index is -0.931. The summed E-state index contributed by atoms with van der Waals surface area (Å²) in [6, 6.07) is 5.04. The Morgan fingerprint density at radius 2 is 1.95 bits per heavy atom. The number of nitrogens with zero attached hydrogens (tertiary/aromatic N) is 2. The third-order valence-electron chi connectivity index (χ3n) is 2.47. The lowest BCUT2D eigenvalue weighted by molar-refractivity contribution is 0.508.